The van der Waals surface area contributed by atoms with Crippen molar-refractivity contribution in [2.45, 2.75) is 70.8 Å². The number of carboxylic acid groups (broad SMARTS) is 1. The summed E-state index contributed by atoms with van der Waals surface area (Å²) in [7, 11) is 0. The lowest BCUT2D eigenvalue weighted by molar-refractivity contribution is -0.139. The SMILES string of the molecule is CCCCCCCCCCC(NC(=N)N)C(=O)O. The minimum Gasteiger partial charge on any atom is -0.480 e. The zero-order chi connectivity index (χ0) is 13.8. The molecule has 0 aromatic carbocycles. The average Bonchev–Trinajstić information content (AvgIpc) is 2.30. The van der Waals surface area contributed by atoms with Crippen LogP contribution >= 0.6 is 0 Å². The van der Waals surface area contributed by atoms with E-state index in [4.69, 9.17) is 16.2 Å². The number of unbranched alkanes of at least 4 members (excludes halogenated alkanes) is 7. The van der Waals surface area contributed by atoms with Gasteiger partial charge in [0.2, 0.25) is 0 Å². The number of hydrogen-bond donors (Lipinski definition) is 4. The molecule has 5 N–H and O–H groups in total. The zero-order valence-electron chi connectivity index (χ0n) is 11.4. The first-order chi connectivity index (χ1) is 8.57. The van der Waals surface area contributed by atoms with Gasteiger partial charge in [0.25, 0.3) is 0 Å². The fourth-order valence-electron chi connectivity index (χ4n) is 1.93. The topological polar surface area (TPSA) is 99.2 Å². The number of nitrogens with one attached hydrogen (secondary N) is 2. The lowest BCUT2D eigenvalue weighted by Crippen LogP contribution is -2.43. The second kappa shape index (κ2) is 10.9. The average molecular weight is 257 g/mol. The maximum absolute atomic E-state index is 10.9. The normalized spacial score (nSPS) is 12.1. The smallest absolute Gasteiger partial charge is 0.326 e. The van der Waals surface area contributed by atoms with E-state index in [2.05, 4.69) is 12.2 Å². The van der Waals surface area contributed by atoms with Crippen LogP contribution in [0, 0.1) is 5.41 Å². The van der Waals surface area contributed by atoms with Gasteiger partial charge in [0.05, 0.1) is 0 Å². The molecule has 0 amide bonds. The highest BCUT2D eigenvalue weighted by Gasteiger charge is 2.16. The van der Waals surface area contributed by atoms with E-state index < -0.39 is 12.0 Å². The van der Waals surface area contributed by atoms with Gasteiger partial charge in [-0.25, -0.2) is 4.79 Å². The quantitative estimate of drug-likeness (QED) is 0.259. The van der Waals surface area contributed by atoms with Crippen molar-refractivity contribution in [1.29, 1.82) is 5.41 Å². The molecule has 1 atom stereocenters. The lowest BCUT2D eigenvalue weighted by Gasteiger charge is -2.13. The Morgan fingerprint density at radius 3 is 2.11 bits per heavy atom. The first-order valence-electron chi connectivity index (χ1n) is 6.91. The maximum atomic E-state index is 10.9. The van der Waals surface area contributed by atoms with Gasteiger partial charge < -0.3 is 16.2 Å². The van der Waals surface area contributed by atoms with Crippen LogP contribution in [0.5, 0.6) is 0 Å². The van der Waals surface area contributed by atoms with Gasteiger partial charge in [-0.15, -0.1) is 0 Å². The van der Waals surface area contributed by atoms with Gasteiger partial charge in [-0.3, -0.25) is 5.41 Å². The monoisotopic (exact) mass is 257 g/mol. The first-order valence-corrected chi connectivity index (χ1v) is 6.91. The summed E-state index contributed by atoms with van der Waals surface area (Å²) in [5.74, 6) is -1.21. The Hall–Kier alpha value is -1.26. The van der Waals surface area contributed by atoms with Crippen molar-refractivity contribution in [3.8, 4) is 0 Å². The summed E-state index contributed by atoms with van der Waals surface area (Å²) < 4.78 is 0. The van der Waals surface area contributed by atoms with E-state index in [0.717, 1.165) is 19.3 Å². The van der Waals surface area contributed by atoms with E-state index in [9.17, 15) is 4.79 Å². The first kappa shape index (κ1) is 16.7. The van der Waals surface area contributed by atoms with E-state index in [1.807, 2.05) is 0 Å². The standard InChI is InChI=1S/C13H27N3O2/c1-2-3-4-5-6-7-8-9-10-11(12(17)18)16-13(14)15/h11H,2-10H2,1H3,(H,17,18)(H4,14,15,16). The van der Waals surface area contributed by atoms with Crippen LogP contribution in [0.25, 0.3) is 0 Å². The number of rotatable bonds is 11. The molecule has 0 bridgehead atoms. The van der Waals surface area contributed by atoms with Gasteiger partial charge in [-0.1, -0.05) is 58.3 Å². The van der Waals surface area contributed by atoms with Crippen LogP contribution in [-0.4, -0.2) is 23.1 Å². The third kappa shape index (κ3) is 9.93. The molecule has 0 spiro atoms. The van der Waals surface area contributed by atoms with Crippen LogP contribution in [0.4, 0.5) is 0 Å². The highest BCUT2D eigenvalue weighted by Crippen LogP contribution is 2.10. The van der Waals surface area contributed by atoms with E-state index >= 15 is 0 Å². The summed E-state index contributed by atoms with van der Waals surface area (Å²) in [5.41, 5.74) is 5.14. The molecule has 18 heavy (non-hydrogen) atoms. The Labute approximate surface area is 110 Å². The van der Waals surface area contributed by atoms with Crippen LogP contribution in [-0.2, 0) is 4.79 Å². The molecule has 1 unspecified atom stereocenters. The zero-order valence-corrected chi connectivity index (χ0v) is 11.4. The van der Waals surface area contributed by atoms with Crippen molar-refractivity contribution in [2.75, 3.05) is 0 Å². The van der Waals surface area contributed by atoms with Crippen molar-refractivity contribution in [2.24, 2.45) is 5.73 Å². The predicted molar refractivity (Wildman–Crippen MR) is 73.7 cm³/mol. The van der Waals surface area contributed by atoms with Crippen molar-refractivity contribution < 1.29 is 9.90 Å². The van der Waals surface area contributed by atoms with Gasteiger partial charge in [0, 0.05) is 0 Å². The molecule has 5 heteroatoms. The molecule has 5 nitrogen and oxygen atoms in total. The van der Waals surface area contributed by atoms with E-state index in [0.29, 0.717) is 6.42 Å². The van der Waals surface area contributed by atoms with Crippen molar-refractivity contribution >= 4 is 11.9 Å². The molecule has 0 aromatic heterocycles. The van der Waals surface area contributed by atoms with Gasteiger partial charge in [-0.2, -0.15) is 0 Å². The molecule has 0 aliphatic heterocycles. The number of carboxylic acids is 1. The predicted octanol–water partition coefficient (Wildman–Crippen LogP) is 2.45. The Bertz CT molecular complexity index is 244. The summed E-state index contributed by atoms with van der Waals surface area (Å²) >= 11 is 0. The number of hydrogen-bond acceptors (Lipinski definition) is 2. The van der Waals surface area contributed by atoms with E-state index in [1.165, 1.54) is 32.1 Å². The van der Waals surface area contributed by atoms with E-state index in [-0.39, 0.29) is 5.96 Å². The van der Waals surface area contributed by atoms with Crippen molar-refractivity contribution in [1.82, 2.24) is 5.32 Å². The largest absolute Gasteiger partial charge is 0.480 e. The van der Waals surface area contributed by atoms with Crippen molar-refractivity contribution in [3.05, 3.63) is 0 Å². The molecule has 0 radical (unpaired) electrons. The number of aliphatic carboxylic acids is 1. The summed E-state index contributed by atoms with van der Waals surface area (Å²) in [6.45, 7) is 2.20. The number of nitrogens with two attached hydrogens (primary N) is 1. The lowest BCUT2D eigenvalue weighted by atomic mass is 10.0. The van der Waals surface area contributed by atoms with Gasteiger partial charge in [0.15, 0.2) is 5.96 Å². The van der Waals surface area contributed by atoms with Crippen LogP contribution in [0.3, 0.4) is 0 Å². The van der Waals surface area contributed by atoms with Crippen molar-refractivity contribution in [3.63, 3.8) is 0 Å². The second-order valence-electron chi connectivity index (χ2n) is 4.71. The fraction of sp³-hybridized carbons (Fsp3) is 0.846. The fourth-order valence-corrected chi connectivity index (χ4v) is 1.93. The summed E-state index contributed by atoms with van der Waals surface area (Å²) in [5, 5.41) is 18.4. The molecule has 0 saturated carbocycles. The molecule has 0 aliphatic rings. The molecular formula is C13H27N3O2. The van der Waals surface area contributed by atoms with Crippen LogP contribution in [0.2, 0.25) is 0 Å². The Morgan fingerprint density at radius 2 is 1.67 bits per heavy atom. The van der Waals surface area contributed by atoms with E-state index in [1.54, 1.807) is 0 Å². The Kier molecular flexibility index (Phi) is 10.1. The third-order valence-corrected chi connectivity index (χ3v) is 2.97. The minimum absolute atomic E-state index is 0.276. The van der Waals surface area contributed by atoms with Gasteiger partial charge >= 0.3 is 5.97 Å². The van der Waals surface area contributed by atoms with Gasteiger partial charge in [0.1, 0.15) is 6.04 Å². The molecule has 0 rings (SSSR count). The van der Waals surface area contributed by atoms with Crippen LogP contribution in [0.1, 0.15) is 64.7 Å². The second-order valence-corrected chi connectivity index (χ2v) is 4.71. The molecule has 106 valence electrons. The molecule has 0 aliphatic carbocycles. The van der Waals surface area contributed by atoms with Crippen LogP contribution in [0.15, 0.2) is 0 Å². The third-order valence-electron chi connectivity index (χ3n) is 2.97. The highest BCUT2D eigenvalue weighted by molar-refractivity contribution is 5.82. The molecule has 0 aromatic rings. The molecule has 0 saturated heterocycles. The molecule has 0 heterocycles. The summed E-state index contributed by atoms with van der Waals surface area (Å²) in [6, 6.07) is -0.720. The molecular weight excluding hydrogens is 230 g/mol. The summed E-state index contributed by atoms with van der Waals surface area (Å²) in [6.07, 6.45) is 10.0. The highest BCUT2D eigenvalue weighted by atomic mass is 16.4. The van der Waals surface area contributed by atoms with Crippen LogP contribution < -0.4 is 11.1 Å². The Balaban J connectivity index is 3.49. The molecule has 0 fully saturated rings. The Morgan fingerprint density at radius 1 is 1.17 bits per heavy atom. The summed E-state index contributed by atoms with van der Waals surface area (Å²) in [4.78, 5) is 10.9. The maximum Gasteiger partial charge on any atom is 0.326 e. The van der Waals surface area contributed by atoms with Gasteiger partial charge in [-0.05, 0) is 6.42 Å². The number of guanidine groups is 1. The number of carbonyl (C=O) groups is 1. The minimum atomic E-state index is -0.937.